The van der Waals surface area contributed by atoms with Crippen molar-refractivity contribution in [3.05, 3.63) is 101 Å². The summed E-state index contributed by atoms with van der Waals surface area (Å²) in [5.41, 5.74) is 2.21. The van der Waals surface area contributed by atoms with Crippen LogP contribution >= 0.6 is 0 Å². The Balaban J connectivity index is 1.78. The molecule has 3 rings (SSSR count). The number of methoxy groups -OCH3 is 1. The van der Waals surface area contributed by atoms with E-state index in [0.29, 0.717) is 22.4 Å². The first-order chi connectivity index (χ1) is 13.6. The first kappa shape index (κ1) is 18.9. The van der Waals surface area contributed by atoms with E-state index in [0.717, 1.165) is 0 Å². The van der Waals surface area contributed by atoms with Crippen LogP contribution in [0.4, 0.5) is 10.1 Å². The van der Waals surface area contributed by atoms with Gasteiger partial charge in [0, 0.05) is 16.8 Å². The highest BCUT2D eigenvalue weighted by Gasteiger charge is 2.10. The fraction of sp³-hybridized carbons (Fsp3) is 0.0435. The number of carbonyl (C=O) groups is 2. The van der Waals surface area contributed by atoms with Crippen molar-refractivity contribution >= 4 is 17.6 Å². The van der Waals surface area contributed by atoms with Crippen LogP contribution in [-0.2, 0) is 4.74 Å². The number of ether oxygens (including phenoxy) is 1. The van der Waals surface area contributed by atoms with Gasteiger partial charge in [-0.15, -0.1) is 0 Å². The van der Waals surface area contributed by atoms with Gasteiger partial charge in [0.25, 0.3) is 5.91 Å². The van der Waals surface area contributed by atoms with Gasteiger partial charge in [0.05, 0.1) is 18.2 Å². The molecule has 0 heterocycles. The van der Waals surface area contributed by atoms with Gasteiger partial charge in [0.15, 0.2) is 0 Å². The van der Waals surface area contributed by atoms with Crippen molar-refractivity contribution in [3.63, 3.8) is 0 Å². The Morgan fingerprint density at radius 2 is 1.57 bits per heavy atom. The molecule has 0 fully saturated rings. The number of carbonyl (C=O) groups excluding carboxylic acids is 2. The summed E-state index contributed by atoms with van der Waals surface area (Å²) in [5, 5.41) is 2.66. The second kappa shape index (κ2) is 8.65. The third-order valence-corrected chi connectivity index (χ3v) is 3.87. The number of anilines is 1. The lowest BCUT2D eigenvalue weighted by molar-refractivity contribution is 0.0600. The molecule has 3 aromatic carbocycles. The van der Waals surface area contributed by atoms with E-state index in [-0.39, 0.29) is 5.56 Å². The molecule has 0 aliphatic rings. The number of hydrogen-bond donors (Lipinski definition) is 1. The number of esters is 1. The summed E-state index contributed by atoms with van der Waals surface area (Å²) in [6, 6.07) is 19.5. The van der Waals surface area contributed by atoms with Crippen LogP contribution in [0.3, 0.4) is 0 Å². The van der Waals surface area contributed by atoms with E-state index >= 15 is 0 Å². The molecule has 4 nitrogen and oxygen atoms in total. The summed E-state index contributed by atoms with van der Waals surface area (Å²) in [5.74, 6) is 4.41. The molecule has 5 heteroatoms. The van der Waals surface area contributed by atoms with Crippen molar-refractivity contribution < 1.29 is 18.7 Å². The summed E-state index contributed by atoms with van der Waals surface area (Å²) < 4.78 is 18.4. The Bertz CT molecular complexity index is 1100. The molecule has 0 bridgehead atoms. The molecule has 28 heavy (non-hydrogen) atoms. The first-order valence-electron chi connectivity index (χ1n) is 8.43. The molecule has 0 saturated carbocycles. The molecule has 0 aliphatic carbocycles. The van der Waals surface area contributed by atoms with Gasteiger partial charge in [0.1, 0.15) is 5.82 Å². The molecule has 0 saturated heterocycles. The molecule has 138 valence electrons. The lowest BCUT2D eigenvalue weighted by atomic mass is 10.1. The molecule has 0 unspecified atom stereocenters. The van der Waals surface area contributed by atoms with Crippen molar-refractivity contribution in [1.82, 2.24) is 0 Å². The second-order valence-corrected chi connectivity index (χ2v) is 5.84. The number of benzene rings is 3. The maximum absolute atomic E-state index is 13.7. The van der Waals surface area contributed by atoms with Gasteiger partial charge in [-0.1, -0.05) is 36.1 Å². The van der Waals surface area contributed by atoms with E-state index < -0.39 is 17.7 Å². The van der Waals surface area contributed by atoms with E-state index in [4.69, 9.17) is 4.74 Å². The van der Waals surface area contributed by atoms with Gasteiger partial charge in [-0.25, -0.2) is 9.18 Å². The van der Waals surface area contributed by atoms with Crippen molar-refractivity contribution in [2.75, 3.05) is 12.4 Å². The highest BCUT2D eigenvalue weighted by molar-refractivity contribution is 6.04. The van der Waals surface area contributed by atoms with Crippen molar-refractivity contribution in [2.45, 2.75) is 0 Å². The highest BCUT2D eigenvalue weighted by atomic mass is 19.1. The third kappa shape index (κ3) is 4.63. The molecule has 1 amide bonds. The molecular weight excluding hydrogens is 357 g/mol. The average molecular weight is 373 g/mol. The number of rotatable bonds is 3. The monoisotopic (exact) mass is 373 g/mol. The lowest BCUT2D eigenvalue weighted by Gasteiger charge is -2.06. The maximum atomic E-state index is 13.7. The molecule has 3 aromatic rings. The van der Waals surface area contributed by atoms with E-state index in [1.54, 1.807) is 54.6 Å². The minimum Gasteiger partial charge on any atom is -0.465 e. The largest absolute Gasteiger partial charge is 0.465 e. The smallest absolute Gasteiger partial charge is 0.337 e. The van der Waals surface area contributed by atoms with Crippen LogP contribution in [0, 0.1) is 17.7 Å². The van der Waals surface area contributed by atoms with Crippen LogP contribution in [0.15, 0.2) is 72.8 Å². The van der Waals surface area contributed by atoms with Gasteiger partial charge >= 0.3 is 5.97 Å². The van der Waals surface area contributed by atoms with Crippen LogP contribution < -0.4 is 5.32 Å². The quantitative estimate of drug-likeness (QED) is 0.551. The van der Waals surface area contributed by atoms with E-state index in [2.05, 4.69) is 17.2 Å². The Hall–Kier alpha value is -3.91. The summed E-state index contributed by atoms with van der Waals surface area (Å²) in [4.78, 5) is 23.8. The molecule has 0 aromatic heterocycles. The van der Waals surface area contributed by atoms with Crippen molar-refractivity contribution in [1.29, 1.82) is 0 Å². The van der Waals surface area contributed by atoms with Crippen LogP contribution in [0.1, 0.15) is 31.8 Å². The maximum Gasteiger partial charge on any atom is 0.337 e. The number of halogens is 1. The SMILES string of the molecule is COC(=O)c1cccc(C#Cc2cccc(NC(=O)c3ccccc3F)c2)c1. The zero-order chi connectivity index (χ0) is 19.9. The van der Waals surface area contributed by atoms with E-state index in [1.165, 1.54) is 25.3 Å². The van der Waals surface area contributed by atoms with E-state index in [9.17, 15) is 14.0 Å². The average Bonchev–Trinajstić information content (AvgIpc) is 2.72. The Labute approximate surface area is 162 Å². The molecule has 1 N–H and O–H groups in total. The van der Waals surface area contributed by atoms with Gasteiger partial charge < -0.3 is 10.1 Å². The van der Waals surface area contributed by atoms with Crippen molar-refractivity contribution in [3.8, 4) is 11.8 Å². The number of hydrogen-bond acceptors (Lipinski definition) is 3. The van der Waals surface area contributed by atoms with Gasteiger partial charge in [-0.3, -0.25) is 4.79 Å². The third-order valence-electron chi connectivity index (χ3n) is 3.87. The summed E-state index contributed by atoms with van der Waals surface area (Å²) in [6.07, 6.45) is 0. The molecule has 0 atom stereocenters. The Morgan fingerprint density at radius 3 is 2.29 bits per heavy atom. The standard InChI is InChI=1S/C23H16FNO3/c1-28-23(27)18-8-4-6-16(14-18)12-13-17-7-5-9-19(15-17)25-22(26)20-10-2-3-11-21(20)24/h2-11,14-15H,1H3,(H,25,26). The topological polar surface area (TPSA) is 55.4 Å². The molecule has 0 radical (unpaired) electrons. The normalized spacial score (nSPS) is 9.79. The van der Waals surface area contributed by atoms with Crippen molar-refractivity contribution in [2.24, 2.45) is 0 Å². The number of amides is 1. The summed E-state index contributed by atoms with van der Waals surface area (Å²) in [6.45, 7) is 0. The zero-order valence-corrected chi connectivity index (χ0v) is 15.0. The predicted molar refractivity (Wildman–Crippen MR) is 105 cm³/mol. The Morgan fingerprint density at radius 1 is 0.893 bits per heavy atom. The first-order valence-corrected chi connectivity index (χ1v) is 8.43. The van der Waals surface area contributed by atoms with Gasteiger partial charge in [-0.2, -0.15) is 0 Å². The minimum absolute atomic E-state index is 0.0291. The second-order valence-electron chi connectivity index (χ2n) is 5.84. The zero-order valence-electron chi connectivity index (χ0n) is 15.0. The van der Waals surface area contributed by atoms with Crippen LogP contribution in [0.5, 0.6) is 0 Å². The van der Waals surface area contributed by atoms with Gasteiger partial charge in [-0.05, 0) is 48.5 Å². The molecule has 0 spiro atoms. The fourth-order valence-corrected chi connectivity index (χ4v) is 2.50. The van der Waals surface area contributed by atoms with Crippen LogP contribution in [0.2, 0.25) is 0 Å². The van der Waals surface area contributed by atoms with E-state index in [1.807, 2.05) is 0 Å². The Kier molecular flexibility index (Phi) is 5.83. The summed E-state index contributed by atoms with van der Waals surface area (Å²) in [7, 11) is 1.32. The molecular formula is C23H16FNO3. The predicted octanol–water partition coefficient (Wildman–Crippen LogP) is 4.26. The molecule has 0 aliphatic heterocycles. The number of nitrogens with one attached hydrogen (secondary N) is 1. The summed E-state index contributed by atoms with van der Waals surface area (Å²) >= 11 is 0. The van der Waals surface area contributed by atoms with Crippen LogP contribution in [0.25, 0.3) is 0 Å². The van der Waals surface area contributed by atoms with Gasteiger partial charge in [0.2, 0.25) is 0 Å². The minimum atomic E-state index is -0.582. The highest BCUT2D eigenvalue weighted by Crippen LogP contribution is 2.14. The fourth-order valence-electron chi connectivity index (χ4n) is 2.50. The lowest BCUT2D eigenvalue weighted by Crippen LogP contribution is -2.13. The van der Waals surface area contributed by atoms with Crippen LogP contribution in [-0.4, -0.2) is 19.0 Å².